The summed E-state index contributed by atoms with van der Waals surface area (Å²) >= 11 is 0. The standard InChI is InChI=1S/C7H12O3.C4H11N/c1-3-5-6(7(8)9)10-4-2;1-2-3-4-5/h5H,3-4H2,1-2H3,(H,8,9);2-5H2,1H3. The van der Waals surface area contributed by atoms with Crippen LogP contribution in [0.3, 0.4) is 0 Å². The minimum absolute atomic E-state index is 0.0463. The highest BCUT2D eigenvalue weighted by atomic mass is 16.5. The SMILES string of the molecule is CCC=C(OCC)C(=O)O.CCCCN. The zero-order chi connectivity index (χ0) is 12.1. The molecule has 0 aromatic rings. The van der Waals surface area contributed by atoms with Gasteiger partial charge >= 0.3 is 5.97 Å². The van der Waals surface area contributed by atoms with Crippen molar-refractivity contribution in [2.24, 2.45) is 5.73 Å². The smallest absolute Gasteiger partial charge is 0.370 e. The van der Waals surface area contributed by atoms with Gasteiger partial charge in [-0.3, -0.25) is 0 Å². The first kappa shape index (κ1) is 16.4. The van der Waals surface area contributed by atoms with Gasteiger partial charge in [-0.2, -0.15) is 0 Å². The Morgan fingerprint density at radius 1 is 1.40 bits per heavy atom. The summed E-state index contributed by atoms with van der Waals surface area (Å²) in [5, 5.41) is 8.44. The van der Waals surface area contributed by atoms with E-state index in [4.69, 9.17) is 15.6 Å². The minimum atomic E-state index is -0.997. The number of allylic oxidation sites excluding steroid dienone is 1. The predicted octanol–water partition coefficient (Wildman–Crippen LogP) is 2.15. The number of rotatable bonds is 6. The van der Waals surface area contributed by atoms with Crippen LogP contribution in [0.1, 0.15) is 40.0 Å². The van der Waals surface area contributed by atoms with Gasteiger partial charge < -0.3 is 15.6 Å². The fourth-order valence-corrected chi connectivity index (χ4v) is 0.753. The van der Waals surface area contributed by atoms with E-state index in [1.165, 1.54) is 12.8 Å². The maximum Gasteiger partial charge on any atom is 0.370 e. The summed E-state index contributed by atoms with van der Waals surface area (Å²) < 4.78 is 4.81. The molecule has 4 heteroatoms. The molecule has 0 aliphatic heterocycles. The highest BCUT2D eigenvalue weighted by Crippen LogP contribution is 1.98. The Balaban J connectivity index is 0. The Morgan fingerprint density at radius 2 is 2.00 bits per heavy atom. The molecule has 0 bridgehead atoms. The van der Waals surface area contributed by atoms with Gasteiger partial charge in [-0.15, -0.1) is 0 Å². The second kappa shape index (κ2) is 13.0. The molecule has 4 nitrogen and oxygen atoms in total. The Morgan fingerprint density at radius 3 is 2.20 bits per heavy atom. The van der Waals surface area contributed by atoms with Gasteiger partial charge in [-0.1, -0.05) is 20.3 Å². The number of ether oxygens (including phenoxy) is 1. The largest absolute Gasteiger partial charge is 0.487 e. The van der Waals surface area contributed by atoms with Crippen molar-refractivity contribution in [1.82, 2.24) is 0 Å². The third kappa shape index (κ3) is 13.0. The van der Waals surface area contributed by atoms with Crippen LogP contribution in [0.4, 0.5) is 0 Å². The van der Waals surface area contributed by atoms with Crippen LogP contribution in [0.15, 0.2) is 11.8 Å². The van der Waals surface area contributed by atoms with Crippen LogP contribution in [0, 0.1) is 0 Å². The number of aliphatic carboxylic acids is 1. The van der Waals surface area contributed by atoms with Crippen molar-refractivity contribution in [3.05, 3.63) is 11.8 Å². The van der Waals surface area contributed by atoms with E-state index in [1.54, 1.807) is 13.0 Å². The molecule has 0 unspecified atom stereocenters. The number of carboxylic acid groups (broad SMARTS) is 1. The molecule has 15 heavy (non-hydrogen) atoms. The molecule has 90 valence electrons. The molecule has 0 heterocycles. The first-order valence-electron chi connectivity index (χ1n) is 5.40. The van der Waals surface area contributed by atoms with E-state index >= 15 is 0 Å². The van der Waals surface area contributed by atoms with Crippen molar-refractivity contribution >= 4 is 5.97 Å². The summed E-state index contributed by atoms with van der Waals surface area (Å²) in [6.45, 7) is 7.00. The summed E-state index contributed by atoms with van der Waals surface area (Å²) in [5.74, 6) is -0.950. The Bertz CT molecular complexity index is 177. The highest BCUT2D eigenvalue weighted by Gasteiger charge is 2.04. The molecule has 0 saturated carbocycles. The van der Waals surface area contributed by atoms with E-state index in [2.05, 4.69) is 6.92 Å². The Kier molecular flexibility index (Phi) is 14.2. The maximum atomic E-state index is 10.3. The number of carbonyl (C=O) groups is 1. The van der Waals surface area contributed by atoms with E-state index in [9.17, 15) is 4.79 Å². The number of hydrogen-bond acceptors (Lipinski definition) is 3. The highest BCUT2D eigenvalue weighted by molar-refractivity contribution is 5.84. The zero-order valence-electron chi connectivity index (χ0n) is 9.95. The lowest BCUT2D eigenvalue weighted by Gasteiger charge is -2.01. The van der Waals surface area contributed by atoms with Gasteiger partial charge in [-0.05, 0) is 32.4 Å². The van der Waals surface area contributed by atoms with Gasteiger partial charge in [0.1, 0.15) is 0 Å². The van der Waals surface area contributed by atoms with Crippen LogP contribution < -0.4 is 5.73 Å². The molecule has 0 aliphatic carbocycles. The third-order valence-corrected chi connectivity index (χ3v) is 1.46. The van der Waals surface area contributed by atoms with E-state index in [0.717, 1.165) is 6.54 Å². The molecule has 0 fully saturated rings. The van der Waals surface area contributed by atoms with Crippen molar-refractivity contribution in [1.29, 1.82) is 0 Å². The number of nitrogens with two attached hydrogens (primary N) is 1. The molecule has 0 aromatic heterocycles. The molecule has 0 aliphatic rings. The number of carboxylic acids is 1. The fraction of sp³-hybridized carbons (Fsp3) is 0.727. The van der Waals surface area contributed by atoms with E-state index < -0.39 is 5.97 Å². The van der Waals surface area contributed by atoms with Gasteiger partial charge in [0.2, 0.25) is 0 Å². The summed E-state index contributed by atoms with van der Waals surface area (Å²) in [7, 11) is 0. The monoisotopic (exact) mass is 217 g/mol. The van der Waals surface area contributed by atoms with E-state index in [-0.39, 0.29) is 5.76 Å². The van der Waals surface area contributed by atoms with Gasteiger partial charge in [0.25, 0.3) is 0 Å². The topological polar surface area (TPSA) is 72.5 Å². The molecule has 0 rings (SSSR count). The molecular weight excluding hydrogens is 194 g/mol. The molecular formula is C11H23NO3. The summed E-state index contributed by atoms with van der Waals surface area (Å²) in [6, 6.07) is 0. The lowest BCUT2D eigenvalue weighted by atomic mass is 10.3. The molecule has 0 radical (unpaired) electrons. The van der Waals surface area contributed by atoms with Crippen LogP contribution >= 0.6 is 0 Å². The Hall–Kier alpha value is -1.03. The molecule has 0 atom stereocenters. The summed E-state index contributed by atoms with van der Waals surface area (Å²) in [6.07, 6.45) is 4.62. The van der Waals surface area contributed by atoms with E-state index in [1.807, 2.05) is 6.92 Å². The van der Waals surface area contributed by atoms with Crippen molar-refractivity contribution in [3.63, 3.8) is 0 Å². The lowest BCUT2D eigenvalue weighted by molar-refractivity contribution is -0.136. The molecule has 0 aromatic carbocycles. The predicted molar refractivity (Wildman–Crippen MR) is 61.6 cm³/mol. The molecule has 0 spiro atoms. The van der Waals surface area contributed by atoms with Gasteiger partial charge in [0, 0.05) is 0 Å². The van der Waals surface area contributed by atoms with Crippen LogP contribution in [0.5, 0.6) is 0 Å². The van der Waals surface area contributed by atoms with Crippen LogP contribution in [-0.4, -0.2) is 24.2 Å². The minimum Gasteiger partial charge on any atom is -0.487 e. The van der Waals surface area contributed by atoms with Crippen molar-refractivity contribution < 1.29 is 14.6 Å². The zero-order valence-corrected chi connectivity index (χ0v) is 9.95. The summed E-state index contributed by atoms with van der Waals surface area (Å²) in [4.78, 5) is 10.3. The molecule has 0 saturated heterocycles. The second-order valence-electron chi connectivity index (χ2n) is 2.86. The van der Waals surface area contributed by atoms with Crippen LogP contribution in [0.25, 0.3) is 0 Å². The molecule has 0 amide bonds. The number of hydrogen-bond donors (Lipinski definition) is 2. The van der Waals surface area contributed by atoms with Gasteiger partial charge in [-0.25, -0.2) is 4.79 Å². The average Bonchev–Trinajstić information content (AvgIpc) is 2.19. The van der Waals surface area contributed by atoms with Gasteiger partial charge in [0.05, 0.1) is 6.61 Å². The average molecular weight is 217 g/mol. The maximum absolute atomic E-state index is 10.3. The third-order valence-electron chi connectivity index (χ3n) is 1.46. The van der Waals surface area contributed by atoms with Crippen LogP contribution in [-0.2, 0) is 9.53 Å². The van der Waals surface area contributed by atoms with Gasteiger partial charge in [0.15, 0.2) is 5.76 Å². The molecule has 3 N–H and O–H groups in total. The van der Waals surface area contributed by atoms with Crippen molar-refractivity contribution in [3.8, 4) is 0 Å². The van der Waals surface area contributed by atoms with Crippen molar-refractivity contribution in [2.45, 2.75) is 40.0 Å². The van der Waals surface area contributed by atoms with Crippen molar-refractivity contribution in [2.75, 3.05) is 13.2 Å². The summed E-state index contributed by atoms with van der Waals surface area (Å²) in [5.41, 5.74) is 5.14. The first-order chi connectivity index (χ1) is 7.13. The van der Waals surface area contributed by atoms with Crippen LogP contribution in [0.2, 0.25) is 0 Å². The van der Waals surface area contributed by atoms with E-state index in [0.29, 0.717) is 13.0 Å². The Labute approximate surface area is 92.1 Å². The number of unbranched alkanes of at least 4 members (excludes halogenated alkanes) is 1. The quantitative estimate of drug-likeness (QED) is 0.528. The normalized spacial score (nSPS) is 10.3. The first-order valence-corrected chi connectivity index (χ1v) is 5.40. The lowest BCUT2D eigenvalue weighted by Crippen LogP contribution is -2.04. The fourth-order valence-electron chi connectivity index (χ4n) is 0.753. The second-order valence-corrected chi connectivity index (χ2v) is 2.86.